The van der Waals surface area contributed by atoms with Crippen molar-refractivity contribution >= 4 is 11.7 Å². The number of aryl methyl sites for hydroxylation is 2. The smallest absolute Gasteiger partial charge is 0.228 e. The number of rotatable bonds is 8. The Labute approximate surface area is 158 Å². The maximum Gasteiger partial charge on any atom is 0.228 e. The quantitative estimate of drug-likeness (QED) is 0.725. The van der Waals surface area contributed by atoms with Gasteiger partial charge in [0.25, 0.3) is 0 Å². The molecule has 1 amide bonds. The zero-order valence-electron chi connectivity index (χ0n) is 16.9. The van der Waals surface area contributed by atoms with Crippen molar-refractivity contribution in [2.45, 2.75) is 53.4 Å². The van der Waals surface area contributed by atoms with Crippen LogP contribution in [0.1, 0.15) is 49.8 Å². The average molecular weight is 360 g/mol. The summed E-state index contributed by atoms with van der Waals surface area (Å²) in [5.41, 5.74) is 3.55. The van der Waals surface area contributed by atoms with Crippen molar-refractivity contribution in [1.82, 2.24) is 5.32 Å². The van der Waals surface area contributed by atoms with Crippen LogP contribution in [0.3, 0.4) is 0 Å². The van der Waals surface area contributed by atoms with Crippen LogP contribution in [0.15, 0.2) is 18.2 Å². The van der Waals surface area contributed by atoms with E-state index in [0.29, 0.717) is 18.7 Å². The van der Waals surface area contributed by atoms with Gasteiger partial charge in [-0.2, -0.15) is 0 Å². The number of carbonyl (C=O) groups excluding carboxylic acids is 2. The second-order valence-electron chi connectivity index (χ2n) is 7.94. The van der Waals surface area contributed by atoms with Crippen LogP contribution in [-0.4, -0.2) is 48.9 Å². The fourth-order valence-corrected chi connectivity index (χ4v) is 4.23. The molecule has 144 valence electrons. The lowest BCUT2D eigenvalue weighted by atomic mass is 9.93. The summed E-state index contributed by atoms with van der Waals surface area (Å²) in [4.78, 5) is 25.3. The first kappa shape index (κ1) is 20.6. The molecule has 1 N–H and O–H groups in total. The maximum absolute atomic E-state index is 12.9. The number of hydrogen-bond donors (Lipinski definition) is 1. The number of likely N-dealkylation sites (tertiary alicyclic amines) is 1. The van der Waals surface area contributed by atoms with Gasteiger partial charge in [0, 0.05) is 13.0 Å². The first-order valence-corrected chi connectivity index (χ1v) is 10.1. The van der Waals surface area contributed by atoms with Crippen LogP contribution in [0.4, 0.5) is 0 Å². The van der Waals surface area contributed by atoms with Crippen molar-refractivity contribution in [2.75, 3.05) is 32.7 Å². The number of nitrogens with zero attached hydrogens (tertiary/aromatic N) is 1. The van der Waals surface area contributed by atoms with Gasteiger partial charge in [0.1, 0.15) is 6.54 Å². The number of Topliss-reactive ketones (excluding diaryl/α,β-unsaturated/α-hetero) is 1. The van der Waals surface area contributed by atoms with E-state index in [4.69, 9.17) is 0 Å². The second kappa shape index (κ2) is 9.31. The van der Waals surface area contributed by atoms with Crippen LogP contribution in [0.2, 0.25) is 0 Å². The molecule has 0 spiro atoms. The van der Waals surface area contributed by atoms with Gasteiger partial charge in [-0.3, -0.25) is 9.59 Å². The molecule has 2 atom stereocenters. The lowest BCUT2D eigenvalue weighted by Gasteiger charge is -2.43. The molecule has 0 aliphatic carbocycles. The molecule has 1 aliphatic heterocycles. The van der Waals surface area contributed by atoms with Gasteiger partial charge in [0.05, 0.1) is 25.6 Å². The molecule has 0 saturated carbocycles. The third-order valence-electron chi connectivity index (χ3n) is 5.91. The summed E-state index contributed by atoms with van der Waals surface area (Å²) in [7, 11) is 0. The van der Waals surface area contributed by atoms with Gasteiger partial charge in [-0.1, -0.05) is 25.1 Å². The summed E-state index contributed by atoms with van der Waals surface area (Å²) in [6, 6.07) is 6.20. The van der Waals surface area contributed by atoms with Crippen LogP contribution in [0.5, 0.6) is 0 Å². The highest BCUT2D eigenvalue weighted by Gasteiger charge is 2.38. The van der Waals surface area contributed by atoms with Crippen molar-refractivity contribution in [3.8, 4) is 0 Å². The molecule has 2 rings (SSSR count). The lowest BCUT2D eigenvalue weighted by Crippen LogP contribution is -2.58. The Morgan fingerprint density at radius 1 is 1.19 bits per heavy atom. The standard InChI is InChI=1S/C22H34N2O2/c1-5-12-23-22(26)19-11-8-13-24(6-2,15-19)16-20(25)14-21-17(3)9-7-10-18(21)4/h7,9-10,19H,5-6,8,11-16H2,1-4H3/p+1. The van der Waals surface area contributed by atoms with Gasteiger partial charge in [-0.15, -0.1) is 0 Å². The third-order valence-corrected chi connectivity index (χ3v) is 5.91. The number of carbonyl (C=O) groups is 2. The highest BCUT2D eigenvalue weighted by molar-refractivity contribution is 5.83. The highest BCUT2D eigenvalue weighted by atomic mass is 16.2. The fraction of sp³-hybridized carbons (Fsp3) is 0.636. The van der Waals surface area contributed by atoms with Crippen LogP contribution < -0.4 is 5.32 Å². The molecular formula is C22H35N2O2+. The van der Waals surface area contributed by atoms with Crippen molar-refractivity contribution in [2.24, 2.45) is 5.92 Å². The molecule has 26 heavy (non-hydrogen) atoms. The van der Waals surface area contributed by atoms with Gasteiger partial charge in [0.2, 0.25) is 5.91 Å². The average Bonchev–Trinajstić information content (AvgIpc) is 2.63. The Kier molecular flexibility index (Phi) is 7.39. The van der Waals surface area contributed by atoms with E-state index in [1.54, 1.807) is 0 Å². The number of amides is 1. The SMILES string of the molecule is CCCNC(=O)C1CCC[N+](CC)(CC(=O)Cc2c(C)cccc2C)C1. The molecule has 1 aromatic carbocycles. The molecule has 0 bridgehead atoms. The third kappa shape index (κ3) is 5.16. The largest absolute Gasteiger partial charge is 0.356 e. The van der Waals surface area contributed by atoms with Crippen molar-refractivity contribution in [1.29, 1.82) is 0 Å². The Balaban J connectivity index is 2.04. The van der Waals surface area contributed by atoms with Crippen LogP contribution >= 0.6 is 0 Å². The summed E-state index contributed by atoms with van der Waals surface area (Å²) in [5, 5.41) is 3.04. The zero-order chi connectivity index (χ0) is 19.2. The molecule has 0 radical (unpaired) electrons. The van der Waals surface area contributed by atoms with Crippen LogP contribution in [-0.2, 0) is 16.0 Å². The van der Waals surface area contributed by atoms with Gasteiger partial charge < -0.3 is 9.80 Å². The molecule has 0 aromatic heterocycles. The molecule has 1 saturated heterocycles. The number of quaternary nitrogens is 1. The summed E-state index contributed by atoms with van der Waals surface area (Å²) < 4.78 is 0.758. The maximum atomic E-state index is 12.9. The molecular weight excluding hydrogens is 324 g/mol. The van der Waals surface area contributed by atoms with E-state index in [2.05, 4.69) is 45.1 Å². The molecule has 4 heteroatoms. The molecule has 4 nitrogen and oxygen atoms in total. The number of nitrogens with one attached hydrogen (secondary N) is 1. The normalized spacial score (nSPS) is 22.8. The van der Waals surface area contributed by atoms with Crippen molar-refractivity contribution in [3.63, 3.8) is 0 Å². The highest BCUT2D eigenvalue weighted by Crippen LogP contribution is 2.25. The minimum Gasteiger partial charge on any atom is -0.356 e. The Morgan fingerprint density at radius 3 is 2.50 bits per heavy atom. The molecule has 1 aliphatic rings. The summed E-state index contributed by atoms with van der Waals surface area (Å²) in [5.74, 6) is 0.506. The molecule has 1 fully saturated rings. The Hall–Kier alpha value is -1.68. The fourth-order valence-electron chi connectivity index (χ4n) is 4.23. The predicted octanol–water partition coefficient (Wildman–Crippen LogP) is 3.19. The molecule has 2 unspecified atom stereocenters. The topological polar surface area (TPSA) is 46.2 Å². The second-order valence-corrected chi connectivity index (χ2v) is 7.94. The van der Waals surface area contributed by atoms with E-state index in [1.165, 1.54) is 16.7 Å². The number of likely N-dealkylation sites (N-methyl/N-ethyl adjacent to an activating group) is 1. The molecule has 1 aromatic rings. The molecule has 1 heterocycles. The van der Waals surface area contributed by atoms with E-state index < -0.39 is 0 Å². The number of hydrogen-bond acceptors (Lipinski definition) is 2. The van der Waals surface area contributed by atoms with E-state index in [0.717, 1.165) is 49.9 Å². The Morgan fingerprint density at radius 2 is 1.88 bits per heavy atom. The number of ketones is 1. The summed E-state index contributed by atoms with van der Waals surface area (Å²) in [6.07, 6.45) is 3.43. The minimum atomic E-state index is 0.0447. The van der Waals surface area contributed by atoms with E-state index in [-0.39, 0.29) is 11.8 Å². The van der Waals surface area contributed by atoms with Gasteiger partial charge in [-0.05, 0) is 56.7 Å². The zero-order valence-corrected chi connectivity index (χ0v) is 16.9. The van der Waals surface area contributed by atoms with Crippen molar-refractivity contribution < 1.29 is 14.1 Å². The van der Waals surface area contributed by atoms with Gasteiger partial charge >= 0.3 is 0 Å². The Bertz CT molecular complexity index is 621. The predicted molar refractivity (Wildman–Crippen MR) is 106 cm³/mol. The van der Waals surface area contributed by atoms with E-state index in [9.17, 15) is 9.59 Å². The first-order valence-electron chi connectivity index (χ1n) is 10.1. The van der Waals surface area contributed by atoms with E-state index >= 15 is 0 Å². The van der Waals surface area contributed by atoms with Gasteiger partial charge in [-0.25, -0.2) is 0 Å². The summed E-state index contributed by atoms with van der Waals surface area (Å²) in [6.45, 7) is 12.4. The number of benzene rings is 1. The number of piperidine rings is 1. The summed E-state index contributed by atoms with van der Waals surface area (Å²) >= 11 is 0. The monoisotopic (exact) mass is 359 g/mol. The van der Waals surface area contributed by atoms with E-state index in [1.807, 2.05) is 6.07 Å². The first-order chi connectivity index (χ1) is 12.4. The van der Waals surface area contributed by atoms with Gasteiger partial charge in [0.15, 0.2) is 5.78 Å². The van der Waals surface area contributed by atoms with Crippen molar-refractivity contribution in [3.05, 3.63) is 34.9 Å². The minimum absolute atomic E-state index is 0.0447. The van der Waals surface area contributed by atoms with Crippen LogP contribution in [0, 0.1) is 19.8 Å². The lowest BCUT2D eigenvalue weighted by molar-refractivity contribution is -0.925. The van der Waals surface area contributed by atoms with Crippen LogP contribution in [0.25, 0.3) is 0 Å².